The quantitative estimate of drug-likeness (QED) is 0.485. The van der Waals surface area contributed by atoms with Gasteiger partial charge in [-0.15, -0.1) is 0 Å². The third kappa shape index (κ3) is 6.22. The SMILES string of the molecule is O=C(/C=C/c1cccc(Oc2ccnc(C3=NCCCN3)c2)c1)Nc1cccc(C(F)(F)F)c1. The smallest absolute Gasteiger partial charge is 0.416 e. The van der Waals surface area contributed by atoms with Crippen molar-refractivity contribution >= 4 is 23.5 Å². The van der Waals surface area contributed by atoms with Crippen LogP contribution in [-0.2, 0) is 11.0 Å². The Bertz CT molecular complexity index is 1240. The van der Waals surface area contributed by atoms with Crippen molar-refractivity contribution in [2.75, 3.05) is 18.4 Å². The van der Waals surface area contributed by atoms with Gasteiger partial charge in [0, 0.05) is 37.1 Å². The molecule has 0 atom stereocenters. The molecule has 0 radical (unpaired) electrons. The summed E-state index contributed by atoms with van der Waals surface area (Å²) in [5.41, 5.74) is 0.612. The number of amidine groups is 1. The van der Waals surface area contributed by atoms with Gasteiger partial charge < -0.3 is 15.4 Å². The van der Waals surface area contributed by atoms with Crippen LogP contribution in [-0.4, -0.2) is 29.8 Å². The maximum Gasteiger partial charge on any atom is 0.416 e. The van der Waals surface area contributed by atoms with E-state index in [-0.39, 0.29) is 5.69 Å². The first-order valence-electron chi connectivity index (χ1n) is 10.6. The monoisotopic (exact) mass is 466 g/mol. The number of aromatic nitrogens is 1. The average Bonchev–Trinajstić information content (AvgIpc) is 2.83. The van der Waals surface area contributed by atoms with E-state index in [0.717, 1.165) is 37.5 Å². The van der Waals surface area contributed by atoms with Gasteiger partial charge in [0.15, 0.2) is 0 Å². The summed E-state index contributed by atoms with van der Waals surface area (Å²) >= 11 is 0. The van der Waals surface area contributed by atoms with Gasteiger partial charge in [0.1, 0.15) is 23.0 Å². The second-order valence-electron chi connectivity index (χ2n) is 7.46. The second-order valence-corrected chi connectivity index (χ2v) is 7.46. The summed E-state index contributed by atoms with van der Waals surface area (Å²) in [4.78, 5) is 20.9. The van der Waals surface area contributed by atoms with Crippen molar-refractivity contribution in [3.05, 3.63) is 89.8 Å². The van der Waals surface area contributed by atoms with Crippen molar-refractivity contribution in [1.29, 1.82) is 0 Å². The standard InChI is InChI=1S/C25H21F3N4O2/c26-25(27,28)18-5-2-6-19(15-18)32-23(33)9-8-17-4-1-7-20(14-17)34-21-10-13-29-22(16-21)24-30-11-3-12-31-24/h1-2,4-10,13-16H,3,11-12H2,(H,30,31)(H,32,33)/b9-8+. The molecule has 2 heterocycles. The molecule has 0 aliphatic carbocycles. The Kier molecular flexibility index (Phi) is 6.91. The van der Waals surface area contributed by atoms with Crippen LogP contribution in [0.3, 0.4) is 0 Å². The highest BCUT2D eigenvalue weighted by Gasteiger charge is 2.30. The largest absolute Gasteiger partial charge is 0.457 e. The summed E-state index contributed by atoms with van der Waals surface area (Å²) in [6, 6.07) is 15.1. The number of halogens is 3. The number of aliphatic imine (C=N–C) groups is 1. The Labute approximate surface area is 194 Å². The fourth-order valence-corrected chi connectivity index (χ4v) is 3.26. The fraction of sp³-hybridized carbons (Fsp3) is 0.160. The summed E-state index contributed by atoms with van der Waals surface area (Å²) in [5, 5.41) is 5.66. The molecule has 0 spiro atoms. The van der Waals surface area contributed by atoms with E-state index in [2.05, 4.69) is 20.6 Å². The van der Waals surface area contributed by atoms with E-state index in [4.69, 9.17) is 4.74 Å². The highest BCUT2D eigenvalue weighted by Crippen LogP contribution is 2.30. The fourth-order valence-electron chi connectivity index (χ4n) is 3.26. The molecule has 0 unspecified atom stereocenters. The molecule has 2 N–H and O–H groups in total. The number of pyridine rings is 1. The van der Waals surface area contributed by atoms with Crippen LogP contribution in [0.2, 0.25) is 0 Å². The molecule has 1 aromatic heterocycles. The minimum atomic E-state index is -4.48. The zero-order valence-electron chi connectivity index (χ0n) is 18.0. The second kappa shape index (κ2) is 10.2. The van der Waals surface area contributed by atoms with Crippen LogP contribution in [0.5, 0.6) is 11.5 Å². The molecule has 0 bridgehead atoms. The highest BCUT2D eigenvalue weighted by molar-refractivity contribution is 6.02. The lowest BCUT2D eigenvalue weighted by Crippen LogP contribution is -2.30. The lowest BCUT2D eigenvalue weighted by Gasteiger charge is -2.14. The average molecular weight is 466 g/mol. The van der Waals surface area contributed by atoms with E-state index in [0.29, 0.717) is 22.8 Å². The molecule has 1 aliphatic rings. The predicted octanol–water partition coefficient (Wildman–Crippen LogP) is 5.28. The van der Waals surface area contributed by atoms with E-state index in [1.165, 1.54) is 18.2 Å². The van der Waals surface area contributed by atoms with Crippen LogP contribution in [0, 0.1) is 0 Å². The number of benzene rings is 2. The Morgan fingerprint density at radius 3 is 2.68 bits per heavy atom. The summed E-state index contributed by atoms with van der Waals surface area (Å²) in [6.45, 7) is 1.60. The highest BCUT2D eigenvalue weighted by atomic mass is 19.4. The molecule has 0 fully saturated rings. The molecule has 9 heteroatoms. The maximum absolute atomic E-state index is 12.8. The Morgan fingerprint density at radius 1 is 1.06 bits per heavy atom. The van der Waals surface area contributed by atoms with Crippen LogP contribution in [0.4, 0.5) is 18.9 Å². The number of amides is 1. The lowest BCUT2D eigenvalue weighted by molar-refractivity contribution is -0.137. The van der Waals surface area contributed by atoms with Crippen molar-refractivity contribution in [3.63, 3.8) is 0 Å². The van der Waals surface area contributed by atoms with Gasteiger partial charge in [-0.1, -0.05) is 18.2 Å². The minimum Gasteiger partial charge on any atom is -0.457 e. The number of hydrogen-bond donors (Lipinski definition) is 2. The van der Waals surface area contributed by atoms with Gasteiger partial charge in [0.25, 0.3) is 0 Å². The molecule has 2 aromatic carbocycles. The first kappa shape index (κ1) is 23.0. The van der Waals surface area contributed by atoms with Crippen LogP contribution < -0.4 is 15.4 Å². The number of rotatable bonds is 6. The predicted molar refractivity (Wildman–Crippen MR) is 124 cm³/mol. The van der Waals surface area contributed by atoms with Crippen molar-refractivity contribution < 1.29 is 22.7 Å². The van der Waals surface area contributed by atoms with Gasteiger partial charge in [-0.25, -0.2) is 0 Å². The molecule has 0 saturated heterocycles. The van der Waals surface area contributed by atoms with Crippen LogP contribution in [0.25, 0.3) is 6.08 Å². The third-order valence-corrected chi connectivity index (χ3v) is 4.85. The summed E-state index contributed by atoms with van der Waals surface area (Å²) in [5.74, 6) is 1.32. The molecule has 174 valence electrons. The topological polar surface area (TPSA) is 75.6 Å². The number of nitrogens with one attached hydrogen (secondary N) is 2. The van der Waals surface area contributed by atoms with Gasteiger partial charge in [-0.2, -0.15) is 13.2 Å². The number of carbonyl (C=O) groups excluding carboxylic acids is 1. The molecule has 6 nitrogen and oxygen atoms in total. The van der Waals surface area contributed by atoms with Crippen molar-refractivity contribution in [3.8, 4) is 11.5 Å². The zero-order chi connectivity index (χ0) is 24.0. The number of anilines is 1. The third-order valence-electron chi connectivity index (χ3n) is 4.85. The summed E-state index contributed by atoms with van der Waals surface area (Å²) < 4.78 is 44.4. The summed E-state index contributed by atoms with van der Waals surface area (Å²) in [6.07, 6.45) is 0.946. The van der Waals surface area contributed by atoms with E-state index in [1.54, 1.807) is 48.7 Å². The Morgan fingerprint density at radius 2 is 1.88 bits per heavy atom. The lowest BCUT2D eigenvalue weighted by atomic mass is 10.2. The molecule has 1 amide bonds. The van der Waals surface area contributed by atoms with Gasteiger partial charge in [-0.05, 0) is 54.5 Å². The van der Waals surface area contributed by atoms with Crippen LogP contribution >= 0.6 is 0 Å². The van der Waals surface area contributed by atoms with Crippen molar-refractivity contribution in [2.24, 2.45) is 4.99 Å². The van der Waals surface area contributed by atoms with Gasteiger partial charge in [0.05, 0.1) is 5.56 Å². The molecular weight excluding hydrogens is 445 g/mol. The Balaban J connectivity index is 1.41. The van der Waals surface area contributed by atoms with Gasteiger partial charge in [-0.3, -0.25) is 14.8 Å². The van der Waals surface area contributed by atoms with Crippen molar-refractivity contribution in [1.82, 2.24) is 10.3 Å². The first-order chi connectivity index (χ1) is 16.4. The molecule has 0 saturated carbocycles. The van der Waals surface area contributed by atoms with E-state index < -0.39 is 17.6 Å². The zero-order valence-corrected chi connectivity index (χ0v) is 18.0. The van der Waals surface area contributed by atoms with Gasteiger partial charge >= 0.3 is 6.18 Å². The molecule has 1 aliphatic heterocycles. The summed E-state index contributed by atoms with van der Waals surface area (Å²) in [7, 11) is 0. The number of carbonyl (C=O) groups is 1. The van der Waals surface area contributed by atoms with Crippen LogP contribution in [0.1, 0.15) is 23.2 Å². The van der Waals surface area contributed by atoms with E-state index in [9.17, 15) is 18.0 Å². The van der Waals surface area contributed by atoms with E-state index >= 15 is 0 Å². The number of hydrogen-bond acceptors (Lipinski definition) is 5. The van der Waals surface area contributed by atoms with Gasteiger partial charge in [0.2, 0.25) is 5.91 Å². The van der Waals surface area contributed by atoms with E-state index in [1.807, 2.05) is 0 Å². The minimum absolute atomic E-state index is 0.0621. The number of nitrogens with zero attached hydrogens (tertiary/aromatic N) is 2. The molecule has 4 rings (SSSR count). The van der Waals surface area contributed by atoms with Crippen LogP contribution in [0.15, 0.2) is 77.9 Å². The number of alkyl halides is 3. The Hall–Kier alpha value is -4.14. The molecule has 3 aromatic rings. The van der Waals surface area contributed by atoms with Crippen molar-refractivity contribution in [2.45, 2.75) is 12.6 Å². The normalized spacial score (nSPS) is 13.8. The molecule has 34 heavy (non-hydrogen) atoms. The molecular formula is C25H21F3N4O2. The maximum atomic E-state index is 12.8. The number of ether oxygens (including phenoxy) is 1. The first-order valence-corrected chi connectivity index (χ1v) is 10.6.